The molecule has 2 aromatic rings. The van der Waals surface area contributed by atoms with Crippen LogP contribution in [0.3, 0.4) is 0 Å². The van der Waals surface area contributed by atoms with Crippen LogP contribution in [0.2, 0.25) is 0 Å². The van der Waals surface area contributed by atoms with Crippen LogP contribution in [0.1, 0.15) is 5.69 Å². The summed E-state index contributed by atoms with van der Waals surface area (Å²) in [5.74, 6) is -5.64. The summed E-state index contributed by atoms with van der Waals surface area (Å²) < 4.78 is 86.7. The van der Waals surface area contributed by atoms with Crippen LogP contribution >= 0.6 is 26.0 Å². The van der Waals surface area contributed by atoms with Gasteiger partial charge in [0, 0.05) is 16.4 Å². The molecule has 0 amide bonds. The molecule has 3 nitrogen and oxygen atoms in total. The summed E-state index contributed by atoms with van der Waals surface area (Å²) in [5, 5.41) is 0. The zero-order valence-electron chi connectivity index (χ0n) is 15.3. The van der Waals surface area contributed by atoms with Gasteiger partial charge in [-0.05, 0) is 37.0 Å². The number of hydrogen-bond donors (Lipinski definition) is 0. The number of hydrogen-bond acceptors (Lipinski definition) is 2. The molecule has 0 N–H and O–H groups in total. The Bertz CT molecular complexity index is 832. The van der Waals surface area contributed by atoms with E-state index in [1.807, 2.05) is 0 Å². The van der Waals surface area contributed by atoms with Gasteiger partial charge in [-0.15, -0.1) is 0 Å². The van der Waals surface area contributed by atoms with Gasteiger partial charge in [-0.1, -0.05) is 15.9 Å². The summed E-state index contributed by atoms with van der Waals surface area (Å²) in [6.45, 7) is -0.0500. The summed E-state index contributed by atoms with van der Waals surface area (Å²) >= 11 is 3.06. The molecular weight excluding hydrogens is 474 g/mol. The van der Waals surface area contributed by atoms with E-state index in [0.717, 1.165) is 16.4 Å². The summed E-state index contributed by atoms with van der Waals surface area (Å²) in [4.78, 5) is 3.40. The van der Waals surface area contributed by atoms with Crippen molar-refractivity contribution >= 4 is 26.0 Å². The lowest BCUT2D eigenvalue weighted by Gasteiger charge is -2.24. The standard InChI is InChI=1S/C17H19BrF6N2OS/c1-28(2,3)7-6-27-10-26-9-14(16(20,21)17(22,23)24)25-15(26)12-5-4-11(18)8-13(12)19/h4-5,8-9H,6-7,10H2,1-3H3. The van der Waals surface area contributed by atoms with Crippen LogP contribution in [-0.4, -0.2) is 46.9 Å². The van der Waals surface area contributed by atoms with E-state index in [1.54, 1.807) is 0 Å². The van der Waals surface area contributed by atoms with Crippen molar-refractivity contribution < 1.29 is 31.1 Å². The molecule has 0 saturated heterocycles. The predicted octanol–water partition coefficient (Wildman–Crippen LogP) is 5.77. The van der Waals surface area contributed by atoms with Gasteiger partial charge in [-0.2, -0.15) is 22.0 Å². The molecule has 0 saturated carbocycles. The second kappa shape index (κ2) is 8.27. The number of halogens is 7. The molecule has 0 aliphatic heterocycles. The predicted molar refractivity (Wildman–Crippen MR) is 101 cm³/mol. The first kappa shape index (κ1) is 23.1. The lowest BCUT2D eigenvalue weighted by molar-refractivity contribution is -0.290. The van der Waals surface area contributed by atoms with Crippen LogP contribution in [0.5, 0.6) is 0 Å². The third kappa shape index (κ3) is 5.44. The van der Waals surface area contributed by atoms with E-state index in [-0.39, 0.29) is 24.7 Å². The van der Waals surface area contributed by atoms with E-state index < -0.39 is 33.6 Å². The Morgan fingerprint density at radius 1 is 1.14 bits per heavy atom. The van der Waals surface area contributed by atoms with E-state index in [9.17, 15) is 26.3 Å². The molecule has 0 unspecified atom stereocenters. The normalized spacial score (nSPS) is 13.8. The third-order valence-corrected chi connectivity index (χ3v) is 5.58. The molecule has 158 valence electrons. The SMILES string of the molecule is CS(C)(C)CCOCn1cc(C(F)(F)C(F)(F)F)nc1-c1ccc(Br)cc1F. The van der Waals surface area contributed by atoms with Crippen molar-refractivity contribution in [3.8, 4) is 11.4 Å². The first-order chi connectivity index (χ1) is 12.7. The summed E-state index contributed by atoms with van der Waals surface area (Å²) in [7, 11) is -0.874. The Morgan fingerprint density at radius 2 is 1.79 bits per heavy atom. The average molecular weight is 493 g/mol. The van der Waals surface area contributed by atoms with Crippen molar-refractivity contribution in [3.63, 3.8) is 0 Å². The number of aromatic nitrogens is 2. The van der Waals surface area contributed by atoms with Gasteiger partial charge in [-0.3, -0.25) is 0 Å². The highest BCUT2D eigenvalue weighted by Gasteiger charge is 2.60. The molecule has 0 bridgehead atoms. The van der Waals surface area contributed by atoms with Crippen molar-refractivity contribution in [2.24, 2.45) is 0 Å². The molecule has 0 atom stereocenters. The highest BCUT2D eigenvalue weighted by atomic mass is 79.9. The molecule has 0 aliphatic rings. The highest BCUT2D eigenvalue weighted by Crippen LogP contribution is 2.44. The number of imidazole rings is 1. The van der Waals surface area contributed by atoms with E-state index in [2.05, 4.69) is 39.7 Å². The topological polar surface area (TPSA) is 27.1 Å². The van der Waals surface area contributed by atoms with Gasteiger partial charge in [0.1, 0.15) is 24.1 Å². The Balaban J connectivity index is 2.41. The monoisotopic (exact) mass is 492 g/mol. The smallest absolute Gasteiger partial charge is 0.360 e. The average Bonchev–Trinajstić information content (AvgIpc) is 2.94. The maximum atomic E-state index is 14.3. The molecule has 11 heteroatoms. The fourth-order valence-corrected chi connectivity index (χ4v) is 3.12. The molecule has 0 spiro atoms. The van der Waals surface area contributed by atoms with Crippen molar-refractivity contribution in [2.45, 2.75) is 18.8 Å². The van der Waals surface area contributed by atoms with Crippen molar-refractivity contribution in [2.75, 3.05) is 31.1 Å². The van der Waals surface area contributed by atoms with Crippen molar-refractivity contribution in [3.05, 3.63) is 40.4 Å². The minimum absolute atomic E-state index is 0.211. The number of benzene rings is 1. The number of ether oxygens (including phenoxy) is 1. The van der Waals surface area contributed by atoms with E-state index in [1.165, 1.54) is 12.1 Å². The quantitative estimate of drug-likeness (QED) is 0.362. The number of nitrogens with zero attached hydrogens (tertiary/aromatic N) is 2. The largest absolute Gasteiger partial charge is 0.459 e. The molecule has 28 heavy (non-hydrogen) atoms. The van der Waals surface area contributed by atoms with Crippen molar-refractivity contribution in [1.82, 2.24) is 9.55 Å². The van der Waals surface area contributed by atoms with Crippen LogP contribution < -0.4 is 0 Å². The van der Waals surface area contributed by atoms with E-state index >= 15 is 0 Å². The van der Waals surface area contributed by atoms with Crippen LogP contribution in [0.15, 0.2) is 28.9 Å². The molecule has 1 aromatic carbocycles. The zero-order valence-corrected chi connectivity index (χ0v) is 17.7. The first-order valence-corrected chi connectivity index (χ1v) is 11.8. The molecule has 1 heterocycles. The first-order valence-electron chi connectivity index (χ1n) is 7.94. The maximum Gasteiger partial charge on any atom is 0.459 e. The van der Waals surface area contributed by atoms with Gasteiger partial charge in [0.05, 0.1) is 12.2 Å². The van der Waals surface area contributed by atoms with Gasteiger partial charge in [0.2, 0.25) is 0 Å². The number of alkyl halides is 5. The molecule has 0 fully saturated rings. The summed E-state index contributed by atoms with van der Waals surface area (Å²) in [6.07, 6.45) is 0.890. The fourth-order valence-electron chi connectivity index (χ4n) is 2.17. The summed E-state index contributed by atoms with van der Waals surface area (Å²) in [6, 6.07) is 3.75. The molecule has 1 aromatic heterocycles. The molecular formula is C17H19BrF6N2OS. The Morgan fingerprint density at radius 3 is 2.32 bits per heavy atom. The molecule has 0 aliphatic carbocycles. The minimum Gasteiger partial charge on any atom is -0.360 e. The summed E-state index contributed by atoms with van der Waals surface area (Å²) in [5.41, 5.74) is -1.72. The molecule has 2 rings (SSSR count). The van der Waals surface area contributed by atoms with Crippen LogP contribution in [0.4, 0.5) is 26.3 Å². The highest BCUT2D eigenvalue weighted by molar-refractivity contribution is 9.10. The van der Waals surface area contributed by atoms with Crippen molar-refractivity contribution in [1.29, 1.82) is 0 Å². The third-order valence-electron chi connectivity index (χ3n) is 3.70. The second-order valence-corrected chi connectivity index (χ2v) is 12.5. The van der Waals surface area contributed by atoms with E-state index in [4.69, 9.17) is 4.74 Å². The fraction of sp³-hybridized carbons (Fsp3) is 0.471. The van der Waals surface area contributed by atoms with Gasteiger partial charge in [0.25, 0.3) is 0 Å². The number of rotatable bonds is 7. The molecule has 0 radical (unpaired) electrons. The Hall–Kier alpha value is -1.20. The van der Waals surface area contributed by atoms with Gasteiger partial charge < -0.3 is 9.30 Å². The lowest BCUT2D eigenvalue weighted by atomic mass is 10.2. The second-order valence-electron chi connectivity index (χ2n) is 6.95. The van der Waals surface area contributed by atoms with Gasteiger partial charge in [0.15, 0.2) is 0 Å². The van der Waals surface area contributed by atoms with Crippen LogP contribution in [0.25, 0.3) is 11.4 Å². The minimum atomic E-state index is -5.82. The van der Waals surface area contributed by atoms with Gasteiger partial charge in [-0.25, -0.2) is 19.4 Å². The van der Waals surface area contributed by atoms with E-state index in [0.29, 0.717) is 10.7 Å². The van der Waals surface area contributed by atoms with Crippen LogP contribution in [0, 0.1) is 5.82 Å². The zero-order chi connectivity index (χ0) is 21.3. The van der Waals surface area contributed by atoms with Gasteiger partial charge >= 0.3 is 12.1 Å². The maximum absolute atomic E-state index is 14.3. The van der Waals surface area contributed by atoms with Crippen LogP contribution in [-0.2, 0) is 17.4 Å². The Labute approximate surface area is 168 Å². The lowest BCUT2D eigenvalue weighted by Crippen LogP contribution is -2.34. The Kier molecular flexibility index (Phi) is 6.82.